The van der Waals surface area contributed by atoms with Crippen LogP contribution in [0.15, 0.2) is 30.7 Å². The molecule has 3 heterocycles. The summed E-state index contributed by atoms with van der Waals surface area (Å²) in [6.45, 7) is 3.83. The summed E-state index contributed by atoms with van der Waals surface area (Å²) in [5.74, 6) is 0. The van der Waals surface area contributed by atoms with Gasteiger partial charge in [0, 0.05) is 57.7 Å². The summed E-state index contributed by atoms with van der Waals surface area (Å²) in [5, 5.41) is 7.19. The molecule has 0 aliphatic carbocycles. The summed E-state index contributed by atoms with van der Waals surface area (Å²) >= 11 is 0. The molecule has 1 N–H and O–H groups in total. The first-order chi connectivity index (χ1) is 11.1. The molecule has 3 rings (SSSR count). The van der Waals surface area contributed by atoms with Crippen LogP contribution in [0.3, 0.4) is 0 Å². The Bertz CT molecular complexity index is 675. The van der Waals surface area contributed by atoms with Gasteiger partial charge in [-0.1, -0.05) is 6.07 Å². The minimum absolute atomic E-state index is 0.0147. The Labute approximate surface area is 135 Å². The number of carbonyl (C=O) groups is 1. The Hall–Kier alpha value is -2.41. The van der Waals surface area contributed by atoms with Gasteiger partial charge in [0.05, 0.1) is 11.9 Å². The molecule has 23 heavy (non-hydrogen) atoms. The topological polar surface area (TPSA) is 66.3 Å². The van der Waals surface area contributed by atoms with Crippen molar-refractivity contribution < 1.29 is 4.79 Å². The summed E-state index contributed by atoms with van der Waals surface area (Å²) in [7, 11) is 3.95. The van der Waals surface area contributed by atoms with E-state index in [-0.39, 0.29) is 6.03 Å². The number of likely N-dealkylation sites (N-methyl/N-ethyl adjacent to an activating group) is 1. The molecule has 1 aliphatic rings. The van der Waals surface area contributed by atoms with Crippen molar-refractivity contribution in [2.24, 2.45) is 7.05 Å². The van der Waals surface area contributed by atoms with Crippen LogP contribution in [0.5, 0.6) is 0 Å². The lowest BCUT2D eigenvalue weighted by atomic mass is 10.1. The fourth-order valence-corrected chi connectivity index (χ4v) is 2.68. The number of piperazine rings is 1. The van der Waals surface area contributed by atoms with E-state index in [4.69, 9.17) is 0 Å². The largest absolute Gasteiger partial charge is 0.334 e. The number of nitrogens with zero attached hydrogens (tertiary/aromatic N) is 5. The number of rotatable bonds is 3. The van der Waals surface area contributed by atoms with Crippen LogP contribution >= 0.6 is 0 Å². The number of amides is 2. The number of hydrogen-bond acceptors (Lipinski definition) is 4. The molecule has 2 aromatic heterocycles. The zero-order chi connectivity index (χ0) is 16.2. The summed E-state index contributed by atoms with van der Waals surface area (Å²) in [6.07, 6.45) is 5.47. The van der Waals surface area contributed by atoms with Crippen molar-refractivity contribution in [2.75, 3.05) is 33.2 Å². The van der Waals surface area contributed by atoms with Gasteiger partial charge in [-0.2, -0.15) is 5.10 Å². The average Bonchev–Trinajstić information content (AvgIpc) is 3.00. The second kappa shape index (κ2) is 6.78. The maximum atomic E-state index is 12.3. The normalized spacial score (nSPS) is 15.7. The van der Waals surface area contributed by atoms with Crippen molar-refractivity contribution in [2.45, 2.75) is 6.54 Å². The smallest absolute Gasteiger partial charge is 0.317 e. The predicted octanol–water partition coefficient (Wildman–Crippen LogP) is 0.939. The van der Waals surface area contributed by atoms with Crippen LogP contribution < -0.4 is 5.32 Å². The SMILES string of the molecule is CN1CCN(C(=O)NCc2cccnc2-c2cnn(C)c2)CC1. The van der Waals surface area contributed by atoms with Crippen LogP contribution in [0.1, 0.15) is 5.56 Å². The third kappa shape index (κ3) is 3.68. The monoisotopic (exact) mass is 314 g/mol. The number of aromatic nitrogens is 3. The Morgan fingerprint density at radius 3 is 2.74 bits per heavy atom. The van der Waals surface area contributed by atoms with E-state index in [1.54, 1.807) is 17.1 Å². The van der Waals surface area contributed by atoms with Gasteiger partial charge < -0.3 is 15.1 Å². The van der Waals surface area contributed by atoms with Crippen molar-refractivity contribution >= 4 is 6.03 Å². The molecule has 0 aromatic carbocycles. The maximum absolute atomic E-state index is 12.3. The minimum Gasteiger partial charge on any atom is -0.334 e. The van der Waals surface area contributed by atoms with Crippen LogP contribution in [0.2, 0.25) is 0 Å². The van der Waals surface area contributed by atoms with E-state index in [1.807, 2.05) is 30.3 Å². The van der Waals surface area contributed by atoms with E-state index in [0.717, 1.165) is 43.0 Å². The molecule has 0 radical (unpaired) electrons. The van der Waals surface area contributed by atoms with Crippen LogP contribution in [-0.4, -0.2) is 63.8 Å². The Morgan fingerprint density at radius 2 is 2.04 bits per heavy atom. The molecule has 0 saturated carbocycles. The second-order valence-electron chi connectivity index (χ2n) is 5.86. The van der Waals surface area contributed by atoms with Gasteiger partial charge in [0.1, 0.15) is 0 Å². The lowest BCUT2D eigenvalue weighted by Gasteiger charge is -2.32. The Balaban J connectivity index is 1.65. The first-order valence-electron chi connectivity index (χ1n) is 7.78. The van der Waals surface area contributed by atoms with Gasteiger partial charge in [-0.15, -0.1) is 0 Å². The predicted molar refractivity (Wildman–Crippen MR) is 87.7 cm³/mol. The van der Waals surface area contributed by atoms with E-state index >= 15 is 0 Å². The fourth-order valence-electron chi connectivity index (χ4n) is 2.68. The Morgan fingerprint density at radius 1 is 1.26 bits per heavy atom. The third-order valence-corrected chi connectivity index (χ3v) is 4.09. The van der Waals surface area contributed by atoms with E-state index in [2.05, 4.69) is 27.3 Å². The number of aryl methyl sites for hydroxylation is 1. The quantitative estimate of drug-likeness (QED) is 0.915. The van der Waals surface area contributed by atoms with Crippen LogP contribution in [0, 0.1) is 0 Å². The van der Waals surface area contributed by atoms with Gasteiger partial charge in [-0.3, -0.25) is 9.67 Å². The van der Waals surface area contributed by atoms with E-state index in [1.165, 1.54) is 0 Å². The fraction of sp³-hybridized carbons (Fsp3) is 0.438. The zero-order valence-electron chi connectivity index (χ0n) is 13.6. The van der Waals surface area contributed by atoms with Crippen molar-refractivity contribution in [1.29, 1.82) is 0 Å². The van der Waals surface area contributed by atoms with Crippen molar-refractivity contribution in [3.8, 4) is 11.3 Å². The van der Waals surface area contributed by atoms with Crippen molar-refractivity contribution in [3.63, 3.8) is 0 Å². The standard InChI is InChI=1S/C16H22N6O/c1-20-6-8-22(9-7-20)16(23)18-10-13-4-3-5-17-15(13)14-11-19-21(2)12-14/h3-5,11-12H,6-10H2,1-2H3,(H,18,23). The second-order valence-corrected chi connectivity index (χ2v) is 5.86. The lowest BCUT2D eigenvalue weighted by molar-refractivity contribution is 0.154. The van der Waals surface area contributed by atoms with E-state index < -0.39 is 0 Å². The molecule has 122 valence electrons. The highest BCUT2D eigenvalue weighted by Gasteiger charge is 2.19. The third-order valence-electron chi connectivity index (χ3n) is 4.09. The lowest BCUT2D eigenvalue weighted by Crippen LogP contribution is -2.50. The number of hydrogen-bond donors (Lipinski definition) is 1. The van der Waals surface area contributed by atoms with Gasteiger partial charge in [-0.05, 0) is 18.7 Å². The molecule has 0 bridgehead atoms. The van der Waals surface area contributed by atoms with Crippen molar-refractivity contribution in [1.82, 2.24) is 29.9 Å². The summed E-state index contributed by atoms with van der Waals surface area (Å²) in [4.78, 5) is 20.8. The summed E-state index contributed by atoms with van der Waals surface area (Å²) in [6, 6.07) is 3.86. The molecule has 0 unspecified atom stereocenters. The van der Waals surface area contributed by atoms with Crippen LogP contribution in [-0.2, 0) is 13.6 Å². The van der Waals surface area contributed by atoms with E-state index in [0.29, 0.717) is 6.54 Å². The highest BCUT2D eigenvalue weighted by atomic mass is 16.2. The highest BCUT2D eigenvalue weighted by Crippen LogP contribution is 2.20. The van der Waals surface area contributed by atoms with Crippen molar-refractivity contribution in [3.05, 3.63) is 36.3 Å². The molecule has 1 aliphatic heterocycles. The first kappa shape index (κ1) is 15.5. The molecule has 0 spiro atoms. The molecule has 1 saturated heterocycles. The maximum Gasteiger partial charge on any atom is 0.317 e. The first-order valence-corrected chi connectivity index (χ1v) is 7.78. The van der Waals surface area contributed by atoms with Gasteiger partial charge in [0.25, 0.3) is 0 Å². The Kier molecular flexibility index (Phi) is 4.57. The van der Waals surface area contributed by atoms with Gasteiger partial charge in [0.15, 0.2) is 0 Å². The van der Waals surface area contributed by atoms with Gasteiger partial charge in [-0.25, -0.2) is 4.79 Å². The highest BCUT2D eigenvalue weighted by molar-refractivity contribution is 5.74. The van der Waals surface area contributed by atoms with Crippen LogP contribution in [0.4, 0.5) is 4.79 Å². The van der Waals surface area contributed by atoms with Gasteiger partial charge >= 0.3 is 6.03 Å². The number of pyridine rings is 1. The van der Waals surface area contributed by atoms with Crippen LogP contribution in [0.25, 0.3) is 11.3 Å². The molecule has 7 nitrogen and oxygen atoms in total. The zero-order valence-corrected chi connectivity index (χ0v) is 13.6. The van der Waals surface area contributed by atoms with Gasteiger partial charge in [0.2, 0.25) is 0 Å². The molecule has 0 atom stereocenters. The molecule has 7 heteroatoms. The van der Waals surface area contributed by atoms with E-state index in [9.17, 15) is 4.79 Å². The molecule has 2 amide bonds. The molecular formula is C16H22N6O. The minimum atomic E-state index is -0.0147. The number of urea groups is 1. The summed E-state index contributed by atoms with van der Waals surface area (Å²) < 4.78 is 1.75. The molecular weight excluding hydrogens is 292 g/mol. The summed E-state index contributed by atoms with van der Waals surface area (Å²) in [5.41, 5.74) is 2.80. The molecule has 1 fully saturated rings. The average molecular weight is 314 g/mol. The number of nitrogens with one attached hydrogen (secondary N) is 1. The number of carbonyl (C=O) groups excluding carboxylic acids is 1. The molecule has 2 aromatic rings.